The summed E-state index contributed by atoms with van der Waals surface area (Å²) in [7, 11) is 1.43. The first-order valence-corrected chi connectivity index (χ1v) is 4.08. The van der Waals surface area contributed by atoms with Crippen molar-refractivity contribution in [2.45, 2.75) is 6.92 Å². The van der Waals surface area contributed by atoms with Gasteiger partial charge in [0, 0.05) is 6.54 Å². The number of anilines is 2. The van der Waals surface area contributed by atoms with E-state index in [1.54, 1.807) is 0 Å². The van der Waals surface area contributed by atoms with E-state index >= 15 is 0 Å². The number of aromatic nitrogens is 2. The summed E-state index contributed by atoms with van der Waals surface area (Å²) in [6.45, 7) is 2.54. The number of nitrogens with zero attached hydrogens (tertiary/aromatic N) is 3. The first-order valence-electron chi connectivity index (χ1n) is 4.08. The van der Waals surface area contributed by atoms with Gasteiger partial charge in [-0.25, -0.2) is 0 Å². The maximum absolute atomic E-state index is 8.86. The van der Waals surface area contributed by atoms with E-state index in [9.17, 15) is 0 Å². The Morgan fingerprint density at radius 3 is 2.79 bits per heavy atom. The highest BCUT2D eigenvalue weighted by atomic mass is 16.5. The third kappa shape index (κ3) is 1.82. The van der Waals surface area contributed by atoms with Crippen LogP contribution in [0.1, 0.15) is 12.5 Å². The van der Waals surface area contributed by atoms with Gasteiger partial charge in [0.2, 0.25) is 11.8 Å². The van der Waals surface area contributed by atoms with Crippen molar-refractivity contribution in [2.24, 2.45) is 0 Å². The van der Waals surface area contributed by atoms with Gasteiger partial charge in [-0.2, -0.15) is 15.2 Å². The van der Waals surface area contributed by atoms with Crippen LogP contribution in [0, 0.1) is 11.3 Å². The van der Waals surface area contributed by atoms with Crippen LogP contribution in [-0.4, -0.2) is 23.6 Å². The van der Waals surface area contributed by atoms with E-state index in [1.807, 2.05) is 13.0 Å². The molecular weight excluding hydrogens is 182 g/mol. The van der Waals surface area contributed by atoms with E-state index in [0.29, 0.717) is 12.4 Å². The summed E-state index contributed by atoms with van der Waals surface area (Å²) in [6, 6.07) is 1.96. The first-order chi connectivity index (χ1) is 6.72. The Labute approximate surface area is 81.7 Å². The van der Waals surface area contributed by atoms with Crippen LogP contribution in [0.25, 0.3) is 0 Å². The van der Waals surface area contributed by atoms with E-state index in [2.05, 4.69) is 15.3 Å². The molecule has 0 amide bonds. The Kier molecular flexibility index (Phi) is 3.07. The maximum atomic E-state index is 8.86. The minimum atomic E-state index is 0.0804. The molecule has 0 aliphatic carbocycles. The van der Waals surface area contributed by atoms with Crippen molar-refractivity contribution >= 4 is 11.8 Å². The zero-order chi connectivity index (χ0) is 10.6. The summed E-state index contributed by atoms with van der Waals surface area (Å²) < 4.78 is 4.91. The number of hydrogen-bond donors (Lipinski definition) is 2. The standard InChI is InChI=1S/C8H11N5O/c1-3-11-6-5(4-9)7(14-2)13-8(10)12-6/h3H2,1-2H3,(H3,10,11,12,13). The number of ether oxygens (including phenoxy) is 1. The second kappa shape index (κ2) is 4.28. The van der Waals surface area contributed by atoms with Crippen LogP contribution in [0.4, 0.5) is 11.8 Å². The van der Waals surface area contributed by atoms with Crippen molar-refractivity contribution in [3.8, 4) is 11.9 Å². The van der Waals surface area contributed by atoms with Crippen LogP contribution in [-0.2, 0) is 0 Å². The lowest BCUT2D eigenvalue weighted by molar-refractivity contribution is 0.396. The number of nitrogens with two attached hydrogens (primary N) is 1. The lowest BCUT2D eigenvalue weighted by Crippen LogP contribution is -2.07. The van der Waals surface area contributed by atoms with E-state index in [1.165, 1.54) is 7.11 Å². The van der Waals surface area contributed by atoms with Gasteiger partial charge in [0.15, 0.2) is 11.4 Å². The zero-order valence-corrected chi connectivity index (χ0v) is 8.03. The molecule has 0 saturated heterocycles. The molecular formula is C8H11N5O. The average molecular weight is 193 g/mol. The number of nitrogen functional groups attached to an aromatic ring is 1. The molecule has 0 aliphatic heterocycles. The molecule has 1 aromatic heterocycles. The molecule has 0 unspecified atom stereocenters. The SMILES string of the molecule is CCNc1nc(N)nc(OC)c1C#N. The predicted octanol–water partition coefficient (Wildman–Crippen LogP) is 0.371. The number of rotatable bonds is 3. The minimum absolute atomic E-state index is 0.0804. The Bertz CT molecular complexity index is 371. The lowest BCUT2D eigenvalue weighted by Gasteiger charge is -2.08. The van der Waals surface area contributed by atoms with Crippen LogP contribution in [0.2, 0.25) is 0 Å². The molecule has 0 fully saturated rings. The van der Waals surface area contributed by atoms with E-state index in [-0.39, 0.29) is 17.4 Å². The Balaban J connectivity index is 3.26. The lowest BCUT2D eigenvalue weighted by atomic mass is 10.3. The maximum Gasteiger partial charge on any atom is 0.238 e. The summed E-state index contributed by atoms with van der Waals surface area (Å²) in [5.74, 6) is 0.673. The fourth-order valence-corrected chi connectivity index (χ4v) is 1.00. The molecule has 1 aromatic rings. The highest BCUT2D eigenvalue weighted by Crippen LogP contribution is 2.22. The third-order valence-electron chi connectivity index (χ3n) is 1.54. The van der Waals surface area contributed by atoms with Crippen LogP contribution in [0.3, 0.4) is 0 Å². The normalized spacial score (nSPS) is 9.21. The molecule has 3 N–H and O–H groups in total. The fraction of sp³-hybridized carbons (Fsp3) is 0.375. The largest absolute Gasteiger partial charge is 0.480 e. The summed E-state index contributed by atoms with van der Waals surface area (Å²) in [4.78, 5) is 7.68. The molecule has 0 spiro atoms. The van der Waals surface area contributed by atoms with Crippen molar-refractivity contribution in [1.29, 1.82) is 5.26 Å². The van der Waals surface area contributed by atoms with Crippen molar-refractivity contribution in [1.82, 2.24) is 9.97 Å². The second-order valence-electron chi connectivity index (χ2n) is 2.46. The zero-order valence-electron chi connectivity index (χ0n) is 8.03. The molecule has 0 bridgehead atoms. The Morgan fingerprint density at radius 2 is 2.29 bits per heavy atom. The molecule has 1 heterocycles. The molecule has 0 saturated carbocycles. The number of methoxy groups -OCH3 is 1. The van der Waals surface area contributed by atoms with Gasteiger partial charge in [0.25, 0.3) is 0 Å². The number of nitrogens with one attached hydrogen (secondary N) is 1. The topological polar surface area (TPSA) is 96.8 Å². The predicted molar refractivity (Wildman–Crippen MR) is 51.9 cm³/mol. The molecule has 0 aromatic carbocycles. The van der Waals surface area contributed by atoms with Gasteiger partial charge in [-0.15, -0.1) is 0 Å². The summed E-state index contributed by atoms with van der Waals surface area (Å²) in [5, 5.41) is 11.8. The van der Waals surface area contributed by atoms with E-state index in [4.69, 9.17) is 15.7 Å². The van der Waals surface area contributed by atoms with Crippen LogP contribution in [0.5, 0.6) is 5.88 Å². The van der Waals surface area contributed by atoms with Crippen LogP contribution in [0.15, 0.2) is 0 Å². The van der Waals surface area contributed by atoms with Gasteiger partial charge in [0.05, 0.1) is 7.11 Å². The van der Waals surface area contributed by atoms with E-state index < -0.39 is 0 Å². The van der Waals surface area contributed by atoms with Crippen molar-refractivity contribution in [2.75, 3.05) is 24.7 Å². The summed E-state index contributed by atoms with van der Waals surface area (Å²) in [5.41, 5.74) is 5.70. The molecule has 0 aliphatic rings. The highest BCUT2D eigenvalue weighted by Gasteiger charge is 2.12. The first kappa shape index (κ1) is 10.1. The highest BCUT2D eigenvalue weighted by molar-refractivity contribution is 5.58. The van der Waals surface area contributed by atoms with E-state index in [0.717, 1.165) is 0 Å². The average Bonchev–Trinajstić information content (AvgIpc) is 2.17. The van der Waals surface area contributed by atoms with Gasteiger partial charge in [0.1, 0.15) is 6.07 Å². The minimum Gasteiger partial charge on any atom is -0.480 e. The molecule has 14 heavy (non-hydrogen) atoms. The van der Waals surface area contributed by atoms with Crippen LogP contribution >= 0.6 is 0 Å². The quantitative estimate of drug-likeness (QED) is 0.719. The van der Waals surface area contributed by atoms with Gasteiger partial charge >= 0.3 is 0 Å². The van der Waals surface area contributed by atoms with Crippen LogP contribution < -0.4 is 15.8 Å². The van der Waals surface area contributed by atoms with Crippen molar-refractivity contribution in [3.05, 3.63) is 5.56 Å². The van der Waals surface area contributed by atoms with Gasteiger partial charge in [-0.1, -0.05) is 0 Å². The summed E-state index contributed by atoms with van der Waals surface area (Å²) in [6.07, 6.45) is 0. The number of hydrogen-bond acceptors (Lipinski definition) is 6. The monoisotopic (exact) mass is 193 g/mol. The molecule has 6 nitrogen and oxygen atoms in total. The van der Waals surface area contributed by atoms with Crippen molar-refractivity contribution in [3.63, 3.8) is 0 Å². The second-order valence-corrected chi connectivity index (χ2v) is 2.46. The third-order valence-corrected chi connectivity index (χ3v) is 1.54. The molecule has 6 heteroatoms. The van der Waals surface area contributed by atoms with Gasteiger partial charge in [-0.05, 0) is 6.92 Å². The van der Waals surface area contributed by atoms with Gasteiger partial charge < -0.3 is 15.8 Å². The molecule has 74 valence electrons. The number of nitriles is 1. The Hall–Kier alpha value is -2.03. The van der Waals surface area contributed by atoms with Gasteiger partial charge in [-0.3, -0.25) is 0 Å². The smallest absolute Gasteiger partial charge is 0.238 e. The molecule has 0 radical (unpaired) electrons. The summed E-state index contributed by atoms with van der Waals surface area (Å²) >= 11 is 0. The van der Waals surface area contributed by atoms with Crippen molar-refractivity contribution < 1.29 is 4.74 Å². The molecule has 1 rings (SSSR count). The fourth-order valence-electron chi connectivity index (χ4n) is 1.00. The Morgan fingerprint density at radius 1 is 1.57 bits per heavy atom. The molecule has 0 atom stereocenters.